The van der Waals surface area contributed by atoms with Gasteiger partial charge in [0.25, 0.3) is 0 Å². The Morgan fingerprint density at radius 3 is 2.75 bits per heavy atom. The summed E-state index contributed by atoms with van der Waals surface area (Å²) in [4.78, 5) is 12.6. The minimum atomic E-state index is -0.0875. The first kappa shape index (κ1) is 16.1. The van der Waals surface area contributed by atoms with E-state index in [2.05, 4.69) is 6.58 Å². The van der Waals surface area contributed by atoms with Crippen LogP contribution in [0.15, 0.2) is 54.3 Å². The van der Waals surface area contributed by atoms with E-state index in [0.29, 0.717) is 29.4 Å². The SMILES string of the molecule is C=C(C)COc1cc(C)c2c(c1)O/C(=C\c1cccc(C)c1)C2=O. The summed E-state index contributed by atoms with van der Waals surface area (Å²) in [5.74, 6) is 1.49. The molecule has 0 atom stereocenters. The van der Waals surface area contributed by atoms with Crippen LogP contribution in [0.5, 0.6) is 11.5 Å². The highest BCUT2D eigenvalue weighted by Crippen LogP contribution is 2.37. The fourth-order valence-corrected chi connectivity index (χ4v) is 2.68. The molecule has 24 heavy (non-hydrogen) atoms. The quantitative estimate of drug-likeness (QED) is 0.595. The van der Waals surface area contributed by atoms with Crippen molar-refractivity contribution in [2.24, 2.45) is 0 Å². The number of hydrogen-bond acceptors (Lipinski definition) is 3. The number of carbonyl (C=O) groups is 1. The number of hydrogen-bond donors (Lipinski definition) is 0. The average Bonchev–Trinajstić information content (AvgIpc) is 2.82. The largest absolute Gasteiger partial charge is 0.489 e. The Balaban J connectivity index is 1.92. The topological polar surface area (TPSA) is 35.5 Å². The van der Waals surface area contributed by atoms with Gasteiger partial charge in [0.2, 0.25) is 5.78 Å². The molecule has 0 spiro atoms. The maximum absolute atomic E-state index is 12.6. The van der Waals surface area contributed by atoms with E-state index >= 15 is 0 Å². The van der Waals surface area contributed by atoms with E-state index in [1.807, 2.05) is 51.1 Å². The van der Waals surface area contributed by atoms with Crippen LogP contribution in [0.4, 0.5) is 0 Å². The number of fused-ring (bicyclic) bond motifs is 1. The molecular weight excluding hydrogens is 300 g/mol. The van der Waals surface area contributed by atoms with E-state index in [1.165, 1.54) is 0 Å². The standard InChI is InChI=1S/C21H20O3/c1-13(2)12-23-17-9-15(4)20-18(11-17)24-19(21(20)22)10-16-7-5-6-14(3)8-16/h5-11H,1,12H2,2-4H3/b19-10-. The molecule has 0 aromatic heterocycles. The van der Waals surface area contributed by atoms with Crippen LogP contribution in [0.2, 0.25) is 0 Å². The van der Waals surface area contributed by atoms with Crippen molar-refractivity contribution in [2.45, 2.75) is 20.8 Å². The zero-order valence-corrected chi connectivity index (χ0v) is 14.2. The van der Waals surface area contributed by atoms with Gasteiger partial charge in [-0.1, -0.05) is 36.4 Å². The highest BCUT2D eigenvalue weighted by molar-refractivity contribution is 6.15. The van der Waals surface area contributed by atoms with E-state index in [0.717, 1.165) is 22.3 Å². The summed E-state index contributed by atoms with van der Waals surface area (Å²) in [5, 5.41) is 0. The fourth-order valence-electron chi connectivity index (χ4n) is 2.68. The summed E-state index contributed by atoms with van der Waals surface area (Å²) in [6, 6.07) is 11.6. The van der Waals surface area contributed by atoms with Gasteiger partial charge in [-0.25, -0.2) is 0 Å². The number of Topliss-reactive ketones (excluding diaryl/α,β-unsaturated/α-hetero) is 1. The second-order valence-corrected chi connectivity index (χ2v) is 6.21. The highest BCUT2D eigenvalue weighted by atomic mass is 16.5. The van der Waals surface area contributed by atoms with E-state index in [9.17, 15) is 4.79 Å². The van der Waals surface area contributed by atoms with Crippen LogP contribution < -0.4 is 9.47 Å². The molecule has 0 saturated heterocycles. The molecule has 1 aliphatic heterocycles. The number of benzene rings is 2. The maximum Gasteiger partial charge on any atom is 0.232 e. The molecule has 0 saturated carbocycles. The number of rotatable bonds is 4. The molecule has 1 heterocycles. The van der Waals surface area contributed by atoms with Crippen LogP contribution in [-0.2, 0) is 0 Å². The van der Waals surface area contributed by atoms with Gasteiger partial charge >= 0.3 is 0 Å². The molecule has 1 aliphatic rings. The molecule has 3 rings (SSSR count). The summed E-state index contributed by atoms with van der Waals surface area (Å²) in [5.41, 5.74) is 4.48. The summed E-state index contributed by atoms with van der Waals surface area (Å²) in [6.45, 7) is 10.1. The van der Waals surface area contributed by atoms with E-state index in [4.69, 9.17) is 9.47 Å². The Morgan fingerprint density at radius 1 is 1.25 bits per heavy atom. The molecule has 0 bridgehead atoms. The minimum absolute atomic E-state index is 0.0875. The summed E-state index contributed by atoms with van der Waals surface area (Å²) in [7, 11) is 0. The molecular formula is C21H20O3. The normalized spacial score (nSPS) is 14.5. The van der Waals surface area contributed by atoms with Crippen LogP contribution in [0.1, 0.15) is 34.0 Å². The van der Waals surface area contributed by atoms with Gasteiger partial charge in [-0.15, -0.1) is 0 Å². The van der Waals surface area contributed by atoms with Gasteiger partial charge in [-0.3, -0.25) is 4.79 Å². The van der Waals surface area contributed by atoms with Gasteiger partial charge in [0.1, 0.15) is 18.1 Å². The third kappa shape index (κ3) is 3.25. The summed E-state index contributed by atoms with van der Waals surface area (Å²) >= 11 is 0. The third-order valence-corrected chi connectivity index (χ3v) is 3.77. The number of aryl methyl sites for hydroxylation is 2. The minimum Gasteiger partial charge on any atom is -0.489 e. The third-order valence-electron chi connectivity index (χ3n) is 3.77. The predicted molar refractivity (Wildman–Crippen MR) is 95.6 cm³/mol. The van der Waals surface area contributed by atoms with Gasteiger partial charge in [-0.05, 0) is 49.6 Å². The molecule has 3 heteroatoms. The second-order valence-electron chi connectivity index (χ2n) is 6.21. The average molecular weight is 320 g/mol. The van der Waals surface area contributed by atoms with Gasteiger partial charge in [0, 0.05) is 6.07 Å². The van der Waals surface area contributed by atoms with E-state index in [1.54, 1.807) is 12.1 Å². The Morgan fingerprint density at radius 2 is 2.04 bits per heavy atom. The van der Waals surface area contributed by atoms with Gasteiger partial charge in [0.05, 0.1) is 5.56 Å². The maximum atomic E-state index is 12.6. The van der Waals surface area contributed by atoms with Crippen LogP contribution in [-0.4, -0.2) is 12.4 Å². The molecule has 3 nitrogen and oxygen atoms in total. The zero-order chi connectivity index (χ0) is 17.3. The van der Waals surface area contributed by atoms with Crippen molar-refractivity contribution in [3.63, 3.8) is 0 Å². The molecule has 0 fully saturated rings. The number of ether oxygens (including phenoxy) is 2. The van der Waals surface area contributed by atoms with Crippen LogP contribution >= 0.6 is 0 Å². The predicted octanol–water partition coefficient (Wildman–Crippen LogP) is 4.87. The lowest BCUT2D eigenvalue weighted by Gasteiger charge is -2.08. The van der Waals surface area contributed by atoms with Gasteiger partial charge < -0.3 is 9.47 Å². The first-order valence-electron chi connectivity index (χ1n) is 7.87. The molecule has 2 aromatic carbocycles. The van der Waals surface area contributed by atoms with Crippen LogP contribution in [0.3, 0.4) is 0 Å². The lowest BCUT2D eigenvalue weighted by molar-refractivity contribution is 0.101. The number of allylic oxidation sites excluding steroid dienone is 1. The van der Waals surface area contributed by atoms with Crippen LogP contribution in [0, 0.1) is 13.8 Å². The second kappa shape index (κ2) is 6.36. The molecule has 0 radical (unpaired) electrons. The Hall–Kier alpha value is -2.81. The van der Waals surface area contributed by atoms with Crippen LogP contribution in [0.25, 0.3) is 6.08 Å². The van der Waals surface area contributed by atoms with Crippen molar-refractivity contribution in [1.82, 2.24) is 0 Å². The van der Waals surface area contributed by atoms with E-state index in [-0.39, 0.29) is 5.78 Å². The fraction of sp³-hybridized carbons (Fsp3) is 0.190. The molecule has 0 N–H and O–H groups in total. The Kier molecular flexibility index (Phi) is 4.26. The van der Waals surface area contributed by atoms with Crippen molar-refractivity contribution in [3.8, 4) is 11.5 Å². The van der Waals surface area contributed by atoms with Crippen molar-refractivity contribution < 1.29 is 14.3 Å². The monoisotopic (exact) mass is 320 g/mol. The van der Waals surface area contributed by atoms with Crippen molar-refractivity contribution in [1.29, 1.82) is 0 Å². The smallest absolute Gasteiger partial charge is 0.232 e. The lowest BCUT2D eigenvalue weighted by atomic mass is 10.0. The Labute approximate surface area is 142 Å². The molecule has 122 valence electrons. The van der Waals surface area contributed by atoms with Crippen molar-refractivity contribution in [3.05, 3.63) is 76.6 Å². The lowest BCUT2D eigenvalue weighted by Crippen LogP contribution is -2.00. The van der Waals surface area contributed by atoms with Crippen molar-refractivity contribution in [2.75, 3.05) is 6.61 Å². The van der Waals surface area contributed by atoms with Crippen molar-refractivity contribution >= 4 is 11.9 Å². The first-order chi connectivity index (χ1) is 11.4. The summed E-state index contributed by atoms with van der Waals surface area (Å²) in [6.07, 6.45) is 1.78. The summed E-state index contributed by atoms with van der Waals surface area (Å²) < 4.78 is 11.5. The molecule has 0 aliphatic carbocycles. The van der Waals surface area contributed by atoms with E-state index < -0.39 is 0 Å². The zero-order valence-electron chi connectivity index (χ0n) is 14.2. The highest BCUT2D eigenvalue weighted by Gasteiger charge is 2.29. The van der Waals surface area contributed by atoms with Gasteiger partial charge in [0.15, 0.2) is 5.76 Å². The molecule has 0 unspecified atom stereocenters. The van der Waals surface area contributed by atoms with Gasteiger partial charge in [-0.2, -0.15) is 0 Å². The Bertz CT molecular complexity index is 859. The number of ketones is 1. The molecule has 0 amide bonds. The number of carbonyl (C=O) groups excluding carboxylic acids is 1. The molecule has 2 aromatic rings. The first-order valence-corrected chi connectivity index (χ1v) is 7.87.